The highest BCUT2D eigenvalue weighted by molar-refractivity contribution is 5.87. The zero-order valence-electron chi connectivity index (χ0n) is 17.0. The van der Waals surface area contributed by atoms with E-state index in [-0.39, 0.29) is 23.9 Å². The van der Waals surface area contributed by atoms with E-state index in [4.69, 9.17) is 5.73 Å². The molecule has 0 unspecified atom stereocenters. The van der Waals surface area contributed by atoms with Gasteiger partial charge in [-0.1, -0.05) is 19.3 Å². The standard InChI is InChI=1S/C20H30N6O3/c1-13-22-11-16-12-25(20(29)26(13)16)15-7-9-24(10-8-15)18(27)17(23-19(21)28)14-5-3-2-4-6-14/h11,14-15,17H,2-10,12H2,1H3,(H3,21,23,28)/t17-/m1/s1. The molecule has 1 aromatic rings. The van der Waals surface area contributed by atoms with Crippen molar-refractivity contribution in [1.29, 1.82) is 0 Å². The summed E-state index contributed by atoms with van der Waals surface area (Å²) in [6, 6.07) is -1.08. The van der Waals surface area contributed by atoms with Crippen LogP contribution in [0, 0.1) is 12.8 Å². The number of aryl methyl sites for hydroxylation is 1. The number of amides is 4. The Morgan fingerprint density at radius 3 is 2.48 bits per heavy atom. The van der Waals surface area contributed by atoms with E-state index in [1.54, 1.807) is 10.8 Å². The minimum Gasteiger partial charge on any atom is -0.352 e. The van der Waals surface area contributed by atoms with E-state index >= 15 is 0 Å². The SMILES string of the molecule is Cc1ncc2n1C(=O)N(C1CCN(C(=O)[C@H](NC(N)=O)C3CCCCC3)CC1)C2. The first-order valence-corrected chi connectivity index (χ1v) is 10.6. The quantitative estimate of drug-likeness (QED) is 0.796. The monoisotopic (exact) mass is 402 g/mol. The molecule has 29 heavy (non-hydrogen) atoms. The van der Waals surface area contributed by atoms with Crippen LogP contribution in [0.2, 0.25) is 0 Å². The third-order valence-corrected chi connectivity index (χ3v) is 6.68. The van der Waals surface area contributed by atoms with Crippen molar-refractivity contribution in [1.82, 2.24) is 24.7 Å². The number of rotatable bonds is 4. The Balaban J connectivity index is 1.37. The summed E-state index contributed by atoms with van der Waals surface area (Å²) in [5, 5.41) is 2.71. The topological polar surface area (TPSA) is 114 Å². The lowest BCUT2D eigenvalue weighted by Gasteiger charge is -2.39. The van der Waals surface area contributed by atoms with E-state index in [0.29, 0.717) is 25.5 Å². The van der Waals surface area contributed by atoms with E-state index < -0.39 is 12.1 Å². The lowest BCUT2D eigenvalue weighted by atomic mass is 9.83. The molecule has 1 atom stereocenters. The van der Waals surface area contributed by atoms with Crippen molar-refractivity contribution in [2.24, 2.45) is 11.7 Å². The molecule has 1 saturated carbocycles. The molecule has 1 aromatic heterocycles. The average molecular weight is 402 g/mol. The Kier molecular flexibility index (Phi) is 5.47. The van der Waals surface area contributed by atoms with Crippen molar-refractivity contribution in [2.45, 2.75) is 70.5 Å². The number of piperidine rings is 1. The molecular formula is C20H30N6O3. The third-order valence-electron chi connectivity index (χ3n) is 6.68. The number of fused-ring (bicyclic) bond motifs is 1. The van der Waals surface area contributed by atoms with Gasteiger partial charge < -0.3 is 20.9 Å². The lowest BCUT2D eigenvalue weighted by Crippen LogP contribution is -2.56. The lowest BCUT2D eigenvalue weighted by molar-refractivity contribution is -0.136. The molecular weight excluding hydrogens is 372 g/mol. The zero-order valence-corrected chi connectivity index (χ0v) is 17.0. The van der Waals surface area contributed by atoms with Crippen LogP contribution >= 0.6 is 0 Å². The van der Waals surface area contributed by atoms with Gasteiger partial charge in [0, 0.05) is 19.1 Å². The molecule has 3 heterocycles. The van der Waals surface area contributed by atoms with Crippen LogP contribution in [0.15, 0.2) is 6.20 Å². The molecule has 2 fully saturated rings. The summed E-state index contributed by atoms with van der Waals surface area (Å²) in [7, 11) is 0. The van der Waals surface area contributed by atoms with Gasteiger partial charge in [-0.25, -0.2) is 14.6 Å². The molecule has 9 nitrogen and oxygen atoms in total. The van der Waals surface area contributed by atoms with Crippen LogP contribution in [-0.4, -0.2) is 62.5 Å². The summed E-state index contributed by atoms with van der Waals surface area (Å²) in [5.41, 5.74) is 6.28. The fourth-order valence-corrected chi connectivity index (χ4v) is 5.12. The highest BCUT2D eigenvalue weighted by Gasteiger charge is 2.39. The van der Waals surface area contributed by atoms with E-state index in [1.807, 2.05) is 16.7 Å². The van der Waals surface area contributed by atoms with Crippen molar-refractivity contribution in [2.75, 3.05) is 13.1 Å². The Bertz CT molecular complexity index is 792. The van der Waals surface area contributed by atoms with Gasteiger partial charge in [-0.3, -0.25) is 9.36 Å². The summed E-state index contributed by atoms with van der Waals surface area (Å²) < 4.78 is 1.67. The van der Waals surface area contributed by atoms with Crippen LogP contribution < -0.4 is 11.1 Å². The number of imidazole rings is 1. The van der Waals surface area contributed by atoms with Crippen molar-refractivity contribution in [3.63, 3.8) is 0 Å². The maximum absolute atomic E-state index is 13.2. The molecule has 4 amide bonds. The summed E-state index contributed by atoms with van der Waals surface area (Å²) in [5.74, 6) is 0.837. The second-order valence-electron chi connectivity index (χ2n) is 8.48. The molecule has 0 radical (unpaired) electrons. The van der Waals surface area contributed by atoms with Crippen LogP contribution in [0.1, 0.15) is 56.5 Å². The number of nitrogens with one attached hydrogen (secondary N) is 1. The number of primary amides is 1. The van der Waals surface area contributed by atoms with Gasteiger partial charge >= 0.3 is 12.1 Å². The summed E-state index contributed by atoms with van der Waals surface area (Å²) in [4.78, 5) is 45.3. The number of urea groups is 1. The second-order valence-corrected chi connectivity index (χ2v) is 8.48. The van der Waals surface area contributed by atoms with E-state index in [2.05, 4.69) is 10.3 Å². The number of carbonyl (C=O) groups excluding carboxylic acids is 3. The molecule has 0 aromatic carbocycles. The average Bonchev–Trinajstić information content (AvgIpc) is 3.26. The third kappa shape index (κ3) is 3.82. The maximum Gasteiger partial charge on any atom is 0.330 e. The Hall–Kier alpha value is -2.58. The van der Waals surface area contributed by atoms with Crippen molar-refractivity contribution < 1.29 is 14.4 Å². The molecule has 0 spiro atoms. The van der Waals surface area contributed by atoms with Gasteiger partial charge in [-0.15, -0.1) is 0 Å². The molecule has 4 rings (SSSR count). The van der Waals surface area contributed by atoms with E-state index in [0.717, 1.165) is 44.2 Å². The summed E-state index contributed by atoms with van der Waals surface area (Å²) >= 11 is 0. The van der Waals surface area contributed by atoms with Crippen molar-refractivity contribution in [3.05, 3.63) is 17.7 Å². The number of hydrogen-bond donors (Lipinski definition) is 2. The van der Waals surface area contributed by atoms with Crippen LogP contribution in [0.25, 0.3) is 0 Å². The molecule has 158 valence electrons. The van der Waals surface area contributed by atoms with Gasteiger partial charge in [-0.05, 0) is 38.5 Å². The number of nitrogens with two attached hydrogens (primary N) is 1. The molecule has 1 aliphatic carbocycles. The van der Waals surface area contributed by atoms with Crippen LogP contribution in [0.4, 0.5) is 9.59 Å². The van der Waals surface area contributed by atoms with Crippen molar-refractivity contribution >= 4 is 18.0 Å². The van der Waals surface area contributed by atoms with E-state index in [9.17, 15) is 14.4 Å². The minimum atomic E-state index is -0.641. The minimum absolute atomic E-state index is 0.0183. The number of nitrogens with zero attached hydrogens (tertiary/aromatic N) is 4. The number of aromatic nitrogens is 2. The molecule has 1 saturated heterocycles. The van der Waals surface area contributed by atoms with Crippen molar-refractivity contribution in [3.8, 4) is 0 Å². The first-order valence-electron chi connectivity index (χ1n) is 10.6. The molecule has 3 aliphatic rings. The Morgan fingerprint density at radius 1 is 1.17 bits per heavy atom. The molecule has 0 bridgehead atoms. The number of hydrogen-bond acceptors (Lipinski definition) is 4. The normalized spacial score (nSPS) is 21.9. The molecule has 3 N–H and O–H groups in total. The van der Waals surface area contributed by atoms with Gasteiger partial charge in [0.05, 0.1) is 18.4 Å². The Morgan fingerprint density at radius 2 is 1.86 bits per heavy atom. The zero-order chi connectivity index (χ0) is 20.5. The Labute approximate surface area is 170 Å². The van der Waals surface area contributed by atoms with Gasteiger partial charge in [-0.2, -0.15) is 0 Å². The summed E-state index contributed by atoms with van der Waals surface area (Å²) in [6.45, 7) is 3.58. The maximum atomic E-state index is 13.2. The van der Waals surface area contributed by atoms with Gasteiger partial charge in [0.1, 0.15) is 11.9 Å². The van der Waals surface area contributed by atoms with Crippen LogP contribution in [0.3, 0.4) is 0 Å². The number of likely N-dealkylation sites (tertiary alicyclic amines) is 1. The van der Waals surface area contributed by atoms with Gasteiger partial charge in [0.25, 0.3) is 0 Å². The summed E-state index contributed by atoms with van der Waals surface area (Å²) in [6.07, 6.45) is 8.48. The number of carbonyl (C=O) groups is 3. The highest BCUT2D eigenvalue weighted by atomic mass is 16.2. The predicted molar refractivity (Wildman–Crippen MR) is 106 cm³/mol. The van der Waals surface area contributed by atoms with Gasteiger partial charge in [0.2, 0.25) is 5.91 Å². The first-order chi connectivity index (χ1) is 14.0. The van der Waals surface area contributed by atoms with E-state index in [1.165, 1.54) is 6.42 Å². The highest BCUT2D eigenvalue weighted by Crippen LogP contribution is 2.29. The smallest absolute Gasteiger partial charge is 0.330 e. The largest absolute Gasteiger partial charge is 0.352 e. The predicted octanol–water partition coefficient (Wildman–Crippen LogP) is 1.58. The van der Waals surface area contributed by atoms with Crippen LogP contribution in [-0.2, 0) is 11.3 Å². The van der Waals surface area contributed by atoms with Gasteiger partial charge in [0.15, 0.2) is 0 Å². The fraction of sp³-hybridized carbons (Fsp3) is 0.700. The molecule has 9 heteroatoms. The first kappa shape index (κ1) is 19.7. The second kappa shape index (κ2) is 8.04. The molecule has 2 aliphatic heterocycles. The van der Waals surface area contributed by atoms with Crippen LogP contribution in [0.5, 0.6) is 0 Å². The fourth-order valence-electron chi connectivity index (χ4n) is 5.12.